The molecule has 3 rings (SSSR count). The molecule has 11 heteroatoms. The van der Waals surface area contributed by atoms with Crippen LogP contribution in [0.4, 0.5) is 0 Å². The Morgan fingerprint density at radius 3 is 1.88 bits per heavy atom. The molecule has 11 nitrogen and oxygen atoms in total. The van der Waals surface area contributed by atoms with Crippen molar-refractivity contribution < 1.29 is 14.3 Å². The van der Waals surface area contributed by atoms with Crippen LogP contribution >= 0.6 is 0 Å². The molecule has 0 spiro atoms. The van der Waals surface area contributed by atoms with Gasteiger partial charge < -0.3 is 9.47 Å². The van der Waals surface area contributed by atoms with Crippen molar-refractivity contribution in [3.8, 4) is 5.75 Å². The van der Waals surface area contributed by atoms with Gasteiger partial charge in [-0.1, -0.05) is 12.1 Å². The highest BCUT2D eigenvalue weighted by atomic mass is 16.5. The van der Waals surface area contributed by atoms with Crippen LogP contribution in [0, 0.1) is 13.8 Å². The Labute approximate surface area is 192 Å². The summed E-state index contributed by atoms with van der Waals surface area (Å²) in [6.45, 7) is 2.79. The number of nitrogens with zero attached hydrogens (tertiary/aromatic N) is 2. The maximum Gasteiger partial charge on any atom is 0.331 e. The van der Waals surface area contributed by atoms with Crippen molar-refractivity contribution in [3.05, 3.63) is 101 Å². The molecule has 0 atom stereocenters. The van der Waals surface area contributed by atoms with Crippen LogP contribution in [0.1, 0.15) is 16.7 Å². The van der Waals surface area contributed by atoms with Crippen LogP contribution < -0.4 is 27.2 Å². The maximum atomic E-state index is 12.5. The van der Waals surface area contributed by atoms with Gasteiger partial charge in [0, 0.05) is 29.6 Å². The Hall–Kier alpha value is -4.41. The largest absolute Gasteiger partial charge is 0.497 e. The van der Waals surface area contributed by atoms with Crippen molar-refractivity contribution in [2.24, 2.45) is 0 Å². The van der Waals surface area contributed by atoms with E-state index < -0.39 is 34.6 Å². The van der Waals surface area contributed by atoms with Crippen molar-refractivity contribution in [2.75, 3.05) is 7.11 Å². The van der Waals surface area contributed by atoms with Gasteiger partial charge in [-0.3, -0.25) is 28.7 Å². The Kier molecular flexibility index (Phi) is 7.46. The summed E-state index contributed by atoms with van der Waals surface area (Å²) >= 11 is 0. The number of hydrogen-bond acceptors (Lipinski definition) is 7. The van der Waals surface area contributed by atoms with E-state index in [9.17, 15) is 24.0 Å². The van der Waals surface area contributed by atoms with Gasteiger partial charge in [0.2, 0.25) is 0 Å². The molecule has 0 aliphatic carbocycles. The third-order valence-electron chi connectivity index (χ3n) is 4.99. The number of ether oxygens (including phenoxy) is 2. The summed E-state index contributed by atoms with van der Waals surface area (Å²) in [5, 5.41) is 0. The van der Waals surface area contributed by atoms with Crippen LogP contribution in [-0.2, 0) is 22.6 Å². The smallest absolute Gasteiger partial charge is 0.331 e. The predicted octanol–water partition coefficient (Wildman–Crippen LogP) is 0.337. The third kappa shape index (κ3) is 6.09. The fourth-order valence-electron chi connectivity index (χ4n) is 3.16. The van der Waals surface area contributed by atoms with Crippen LogP contribution in [-0.4, -0.2) is 38.3 Å². The van der Waals surface area contributed by atoms with Gasteiger partial charge in [0.05, 0.1) is 20.2 Å². The second-order valence-electron chi connectivity index (χ2n) is 7.61. The van der Waals surface area contributed by atoms with Gasteiger partial charge >= 0.3 is 17.3 Å². The van der Waals surface area contributed by atoms with Gasteiger partial charge in [-0.25, -0.2) is 14.4 Å². The zero-order chi connectivity index (χ0) is 24.8. The summed E-state index contributed by atoms with van der Waals surface area (Å²) < 4.78 is 13.0. The average molecular weight is 468 g/mol. The van der Waals surface area contributed by atoms with Gasteiger partial charge in [-0.15, -0.1) is 0 Å². The normalized spacial score (nSPS) is 11.2. The second kappa shape index (κ2) is 10.5. The predicted molar refractivity (Wildman–Crippen MR) is 124 cm³/mol. The molecule has 0 aliphatic heterocycles. The Morgan fingerprint density at radius 1 is 0.912 bits per heavy atom. The molecule has 2 heterocycles. The van der Waals surface area contributed by atoms with E-state index in [-0.39, 0.29) is 13.1 Å². The quantitative estimate of drug-likeness (QED) is 0.358. The summed E-state index contributed by atoms with van der Waals surface area (Å²) in [7, 11) is 1.55. The molecule has 0 saturated carbocycles. The number of hydrogen-bond donors (Lipinski definition) is 2. The highest BCUT2D eigenvalue weighted by molar-refractivity contribution is 5.87. The van der Waals surface area contributed by atoms with E-state index in [4.69, 9.17) is 9.47 Å². The molecule has 0 unspecified atom stereocenters. The summed E-state index contributed by atoms with van der Waals surface area (Å²) in [4.78, 5) is 64.7. The van der Waals surface area contributed by atoms with Gasteiger partial charge in [-0.05, 0) is 37.6 Å². The molecule has 3 aromatic rings. The summed E-state index contributed by atoms with van der Waals surface area (Å²) in [6, 6.07) is 6.99. The topological polar surface area (TPSA) is 145 Å². The zero-order valence-electron chi connectivity index (χ0n) is 18.9. The second-order valence-corrected chi connectivity index (χ2v) is 7.61. The van der Waals surface area contributed by atoms with Crippen LogP contribution in [0.5, 0.6) is 5.75 Å². The first-order valence-corrected chi connectivity index (χ1v) is 10.3. The number of carbonyl (C=O) groups is 1. The third-order valence-corrected chi connectivity index (χ3v) is 4.99. The average Bonchev–Trinajstić information content (AvgIpc) is 2.80. The minimum absolute atomic E-state index is 0.136. The molecule has 2 N–H and O–H groups in total. The van der Waals surface area contributed by atoms with Crippen LogP contribution in [0.25, 0.3) is 6.08 Å². The first-order chi connectivity index (χ1) is 16.2. The minimum atomic E-state index is -0.973. The number of aromatic nitrogens is 4. The molecule has 34 heavy (non-hydrogen) atoms. The highest BCUT2D eigenvalue weighted by Gasteiger charge is 2.18. The van der Waals surface area contributed by atoms with Crippen molar-refractivity contribution in [1.29, 1.82) is 0 Å². The zero-order valence-corrected chi connectivity index (χ0v) is 18.9. The van der Waals surface area contributed by atoms with Gasteiger partial charge in [0.1, 0.15) is 11.9 Å². The molecule has 0 fully saturated rings. The molecule has 178 valence electrons. The summed E-state index contributed by atoms with van der Waals surface area (Å²) in [6.07, 6.45) is 4.48. The number of aryl methyl sites for hydroxylation is 2. The molecule has 0 aliphatic rings. The van der Waals surface area contributed by atoms with Crippen LogP contribution in [0.3, 0.4) is 0 Å². The highest BCUT2D eigenvalue weighted by Crippen LogP contribution is 2.12. The van der Waals surface area contributed by atoms with E-state index in [1.54, 1.807) is 37.5 Å². The lowest BCUT2D eigenvalue weighted by atomic mass is 10.2. The monoisotopic (exact) mass is 468 g/mol. The molecule has 1 aromatic carbocycles. The van der Waals surface area contributed by atoms with E-state index in [0.29, 0.717) is 16.9 Å². The van der Waals surface area contributed by atoms with Crippen molar-refractivity contribution in [3.63, 3.8) is 0 Å². The number of aromatic amines is 2. The lowest BCUT2D eigenvalue weighted by molar-refractivity contribution is -0.144. The lowest BCUT2D eigenvalue weighted by Crippen LogP contribution is -2.39. The Balaban J connectivity index is 1.86. The Morgan fingerprint density at radius 2 is 1.41 bits per heavy atom. The number of methoxy groups -OCH3 is 1. The van der Waals surface area contributed by atoms with E-state index >= 15 is 0 Å². The minimum Gasteiger partial charge on any atom is -0.497 e. The van der Waals surface area contributed by atoms with Crippen LogP contribution in [0.2, 0.25) is 0 Å². The molecule has 0 amide bonds. The van der Waals surface area contributed by atoms with E-state index in [0.717, 1.165) is 5.56 Å². The van der Waals surface area contributed by atoms with E-state index in [1.807, 2.05) is 0 Å². The molecule has 0 radical (unpaired) electrons. The van der Waals surface area contributed by atoms with Crippen LogP contribution in [0.15, 0.2) is 61.9 Å². The van der Waals surface area contributed by atoms with Gasteiger partial charge in [-0.2, -0.15) is 0 Å². The number of rotatable bonds is 8. The SMILES string of the molecule is COc1ccc(/C=C/C(=O)OC(Cn2cc(C)c(=O)[nH]c2=O)Cn2cc(C)c(=O)[nH]c2=O)cc1. The number of carbonyl (C=O) groups excluding carboxylic acids is 1. The molecule has 0 saturated heterocycles. The number of H-pyrrole nitrogens is 2. The first kappa shape index (κ1) is 24.2. The summed E-state index contributed by atoms with van der Waals surface area (Å²) in [5.74, 6) is -0.0349. The summed E-state index contributed by atoms with van der Waals surface area (Å²) in [5.41, 5.74) is -1.10. The van der Waals surface area contributed by atoms with Crippen molar-refractivity contribution >= 4 is 12.0 Å². The van der Waals surface area contributed by atoms with Crippen molar-refractivity contribution in [1.82, 2.24) is 19.1 Å². The standard InChI is InChI=1S/C23H24N4O7/c1-14-10-26(22(31)24-20(14)29)12-18(13-27-11-15(2)21(30)25-23(27)32)34-19(28)9-6-16-4-7-17(33-3)8-5-16/h4-11,18H,12-13H2,1-3H3,(H,24,29,31)(H,25,30,32)/b9-6+. The maximum absolute atomic E-state index is 12.5. The molecule has 2 aromatic heterocycles. The van der Waals surface area contributed by atoms with E-state index in [2.05, 4.69) is 9.97 Å². The first-order valence-electron chi connectivity index (χ1n) is 10.3. The number of nitrogens with one attached hydrogen (secondary N) is 2. The number of esters is 1. The lowest BCUT2D eigenvalue weighted by Gasteiger charge is -2.19. The Bertz CT molecular complexity index is 1370. The van der Waals surface area contributed by atoms with Gasteiger partial charge in [0.25, 0.3) is 11.1 Å². The molecular formula is C23H24N4O7. The number of benzene rings is 1. The van der Waals surface area contributed by atoms with Gasteiger partial charge in [0.15, 0.2) is 0 Å². The fraction of sp³-hybridized carbons (Fsp3) is 0.261. The van der Waals surface area contributed by atoms with Crippen molar-refractivity contribution in [2.45, 2.75) is 33.0 Å². The van der Waals surface area contributed by atoms with E-state index in [1.165, 1.54) is 41.5 Å². The fourth-order valence-corrected chi connectivity index (χ4v) is 3.16. The molecule has 0 bridgehead atoms. The molecular weight excluding hydrogens is 444 g/mol.